The highest BCUT2D eigenvalue weighted by atomic mass is 16.5. The Balaban J connectivity index is 2.68. The van der Waals surface area contributed by atoms with E-state index in [-0.39, 0.29) is 18.5 Å². The number of amides is 1. The average Bonchev–Trinajstić information content (AvgIpc) is 2.85. The topological polar surface area (TPSA) is 59.8 Å². The highest BCUT2D eigenvalue weighted by Crippen LogP contribution is 2.05. The Morgan fingerprint density at radius 2 is 2.22 bits per heavy atom. The number of ether oxygens (including phenoxy) is 1. The van der Waals surface area contributed by atoms with Crippen molar-refractivity contribution in [3.05, 3.63) is 30.2 Å². The van der Waals surface area contributed by atoms with Crippen LogP contribution in [0.2, 0.25) is 0 Å². The van der Waals surface area contributed by atoms with Crippen LogP contribution in [-0.2, 0) is 14.3 Å². The molecule has 0 atom stereocenters. The highest BCUT2D eigenvalue weighted by molar-refractivity contribution is 5.93. The average molecular weight is 251 g/mol. The van der Waals surface area contributed by atoms with Crippen molar-refractivity contribution in [3.63, 3.8) is 0 Å². The number of rotatable bonds is 5. The van der Waals surface area contributed by atoms with Crippen LogP contribution >= 0.6 is 0 Å². The minimum Gasteiger partial charge on any atom is -0.468 e. The van der Waals surface area contributed by atoms with Crippen molar-refractivity contribution in [2.75, 3.05) is 13.7 Å². The molecule has 0 aliphatic carbocycles. The van der Waals surface area contributed by atoms with E-state index < -0.39 is 5.97 Å². The fourth-order valence-corrected chi connectivity index (χ4v) is 1.35. The van der Waals surface area contributed by atoms with Crippen molar-refractivity contribution in [1.82, 2.24) is 4.90 Å². The summed E-state index contributed by atoms with van der Waals surface area (Å²) in [6, 6.07) is 3.39. The molecule has 1 heterocycles. The van der Waals surface area contributed by atoms with Crippen molar-refractivity contribution in [1.29, 1.82) is 0 Å². The van der Waals surface area contributed by atoms with Gasteiger partial charge in [0, 0.05) is 12.1 Å². The van der Waals surface area contributed by atoms with E-state index >= 15 is 0 Å². The number of hydrogen-bond donors (Lipinski definition) is 0. The number of carbonyl (C=O) groups is 2. The summed E-state index contributed by atoms with van der Waals surface area (Å²) in [7, 11) is 1.30. The summed E-state index contributed by atoms with van der Waals surface area (Å²) in [5, 5.41) is 0. The van der Waals surface area contributed by atoms with Gasteiger partial charge >= 0.3 is 5.97 Å². The van der Waals surface area contributed by atoms with Crippen molar-refractivity contribution >= 4 is 18.0 Å². The van der Waals surface area contributed by atoms with Crippen LogP contribution < -0.4 is 0 Å². The van der Waals surface area contributed by atoms with Gasteiger partial charge in [0.05, 0.1) is 13.4 Å². The number of nitrogens with zero attached hydrogens (tertiary/aromatic N) is 1. The molecule has 18 heavy (non-hydrogen) atoms. The second-order valence-electron chi connectivity index (χ2n) is 3.98. The van der Waals surface area contributed by atoms with Crippen molar-refractivity contribution in [2.45, 2.75) is 19.9 Å². The molecular weight excluding hydrogens is 234 g/mol. The van der Waals surface area contributed by atoms with Crippen LogP contribution in [0.15, 0.2) is 28.9 Å². The molecule has 0 saturated carbocycles. The van der Waals surface area contributed by atoms with Gasteiger partial charge in [0.2, 0.25) is 5.91 Å². The zero-order chi connectivity index (χ0) is 13.5. The lowest BCUT2D eigenvalue weighted by molar-refractivity contribution is -0.146. The summed E-state index contributed by atoms with van der Waals surface area (Å²) < 4.78 is 9.63. The molecule has 0 aliphatic rings. The molecule has 0 radical (unpaired) electrons. The number of furan rings is 1. The third-order valence-corrected chi connectivity index (χ3v) is 2.37. The van der Waals surface area contributed by atoms with Gasteiger partial charge in [0.1, 0.15) is 12.3 Å². The zero-order valence-electron chi connectivity index (χ0n) is 10.8. The smallest absolute Gasteiger partial charge is 0.325 e. The minimum atomic E-state index is -0.441. The Morgan fingerprint density at radius 1 is 1.50 bits per heavy atom. The van der Waals surface area contributed by atoms with Gasteiger partial charge < -0.3 is 14.1 Å². The molecule has 1 amide bonds. The molecule has 1 rings (SSSR count). The van der Waals surface area contributed by atoms with Crippen LogP contribution in [0.5, 0.6) is 0 Å². The third kappa shape index (κ3) is 4.08. The summed E-state index contributed by atoms with van der Waals surface area (Å²) in [5.41, 5.74) is 0. The first-order valence-electron chi connectivity index (χ1n) is 5.63. The molecule has 0 fully saturated rings. The number of hydrogen-bond acceptors (Lipinski definition) is 4. The molecule has 0 N–H and O–H groups in total. The van der Waals surface area contributed by atoms with E-state index in [1.165, 1.54) is 24.3 Å². The predicted molar refractivity (Wildman–Crippen MR) is 66.6 cm³/mol. The Kier molecular flexibility index (Phi) is 5.17. The Hall–Kier alpha value is -2.04. The summed E-state index contributed by atoms with van der Waals surface area (Å²) in [6.07, 6.45) is 4.47. The maximum Gasteiger partial charge on any atom is 0.325 e. The molecule has 1 aromatic heterocycles. The summed E-state index contributed by atoms with van der Waals surface area (Å²) >= 11 is 0. The van der Waals surface area contributed by atoms with Crippen LogP contribution in [0.25, 0.3) is 6.08 Å². The van der Waals surface area contributed by atoms with Crippen LogP contribution in [-0.4, -0.2) is 36.5 Å². The first-order chi connectivity index (χ1) is 8.54. The summed E-state index contributed by atoms with van der Waals surface area (Å²) in [4.78, 5) is 24.5. The molecule has 0 spiro atoms. The molecule has 0 aliphatic heterocycles. The molecule has 0 aromatic carbocycles. The first-order valence-corrected chi connectivity index (χ1v) is 5.63. The van der Waals surface area contributed by atoms with Crippen LogP contribution in [0.1, 0.15) is 19.6 Å². The van der Waals surface area contributed by atoms with Gasteiger partial charge in [-0.1, -0.05) is 0 Å². The van der Waals surface area contributed by atoms with E-state index in [0.29, 0.717) is 5.76 Å². The second kappa shape index (κ2) is 6.64. The van der Waals surface area contributed by atoms with E-state index in [1.54, 1.807) is 18.2 Å². The van der Waals surface area contributed by atoms with Gasteiger partial charge in [-0.25, -0.2) is 0 Å². The lowest BCUT2D eigenvalue weighted by atomic mass is 10.3. The lowest BCUT2D eigenvalue weighted by Crippen LogP contribution is -2.40. The zero-order valence-corrected chi connectivity index (χ0v) is 10.8. The standard InChI is InChI=1S/C13H17NO4/c1-10(2)14(9-13(16)17-3)12(15)7-6-11-5-4-8-18-11/h4-8,10H,9H2,1-3H3. The largest absolute Gasteiger partial charge is 0.468 e. The van der Waals surface area contributed by atoms with Crippen molar-refractivity contribution in [3.8, 4) is 0 Å². The van der Waals surface area contributed by atoms with Crippen LogP contribution in [0.4, 0.5) is 0 Å². The SMILES string of the molecule is COC(=O)CN(C(=O)C=Cc1ccco1)C(C)C. The maximum atomic E-state index is 11.9. The molecule has 5 heteroatoms. The maximum absolute atomic E-state index is 11.9. The van der Waals surface area contributed by atoms with E-state index in [0.717, 1.165) is 0 Å². The molecular formula is C13H17NO4. The predicted octanol–water partition coefficient (Wildman–Crippen LogP) is 1.70. The van der Waals surface area contributed by atoms with E-state index in [2.05, 4.69) is 4.74 Å². The number of carbonyl (C=O) groups excluding carboxylic acids is 2. The monoisotopic (exact) mass is 251 g/mol. The third-order valence-electron chi connectivity index (χ3n) is 2.37. The van der Waals surface area contributed by atoms with Gasteiger partial charge in [-0.2, -0.15) is 0 Å². The summed E-state index contributed by atoms with van der Waals surface area (Å²) in [6.45, 7) is 3.61. The van der Waals surface area contributed by atoms with Crippen molar-refractivity contribution in [2.24, 2.45) is 0 Å². The van der Waals surface area contributed by atoms with Crippen LogP contribution in [0.3, 0.4) is 0 Å². The fourth-order valence-electron chi connectivity index (χ4n) is 1.35. The fraction of sp³-hybridized carbons (Fsp3) is 0.385. The summed E-state index contributed by atoms with van der Waals surface area (Å²) in [5.74, 6) is -0.111. The van der Waals surface area contributed by atoms with Gasteiger partial charge in [0.25, 0.3) is 0 Å². The lowest BCUT2D eigenvalue weighted by Gasteiger charge is -2.23. The number of methoxy groups -OCH3 is 1. The molecule has 98 valence electrons. The second-order valence-corrected chi connectivity index (χ2v) is 3.98. The molecule has 0 saturated heterocycles. The Morgan fingerprint density at radius 3 is 2.72 bits per heavy atom. The number of esters is 1. The Bertz CT molecular complexity index is 420. The normalized spacial score (nSPS) is 10.9. The van der Waals surface area contributed by atoms with E-state index in [9.17, 15) is 9.59 Å². The Labute approximate surface area is 106 Å². The van der Waals surface area contributed by atoms with Gasteiger partial charge in [0.15, 0.2) is 0 Å². The minimum absolute atomic E-state index is 0.0600. The highest BCUT2D eigenvalue weighted by Gasteiger charge is 2.18. The van der Waals surface area contributed by atoms with Crippen LogP contribution in [0, 0.1) is 0 Å². The molecule has 5 nitrogen and oxygen atoms in total. The van der Waals surface area contributed by atoms with E-state index in [4.69, 9.17) is 4.42 Å². The molecule has 0 bridgehead atoms. The van der Waals surface area contributed by atoms with Crippen molar-refractivity contribution < 1.29 is 18.7 Å². The first kappa shape index (κ1) is 14.0. The van der Waals surface area contributed by atoms with Gasteiger partial charge in [-0.15, -0.1) is 0 Å². The quantitative estimate of drug-likeness (QED) is 0.590. The molecule has 0 unspecified atom stereocenters. The van der Waals surface area contributed by atoms with Gasteiger partial charge in [-0.3, -0.25) is 9.59 Å². The molecule has 1 aromatic rings. The van der Waals surface area contributed by atoms with E-state index in [1.807, 2.05) is 13.8 Å². The van der Waals surface area contributed by atoms with Gasteiger partial charge in [-0.05, 0) is 32.1 Å².